The molecular weight excluding hydrogens is 118 g/mol. The average molecular weight is 129 g/mol. The van der Waals surface area contributed by atoms with Crippen LogP contribution < -0.4 is 5.73 Å². The first-order valence-corrected chi connectivity index (χ1v) is 3.23. The van der Waals surface area contributed by atoms with Crippen molar-refractivity contribution in [3.63, 3.8) is 0 Å². The van der Waals surface area contributed by atoms with Crippen LogP contribution in [0.3, 0.4) is 0 Å². The van der Waals surface area contributed by atoms with Gasteiger partial charge in [-0.25, -0.2) is 0 Å². The van der Waals surface area contributed by atoms with Crippen molar-refractivity contribution in [1.29, 1.82) is 0 Å². The molecule has 2 heteroatoms. The highest BCUT2D eigenvalue weighted by atomic mass is 32.2. The van der Waals surface area contributed by atoms with E-state index in [0.29, 0.717) is 0 Å². The molecule has 0 bridgehead atoms. The van der Waals surface area contributed by atoms with E-state index in [1.54, 1.807) is 0 Å². The molecule has 0 aliphatic heterocycles. The molecular formula is C6H11NS. The summed E-state index contributed by atoms with van der Waals surface area (Å²) in [4.78, 5) is 1.03. The van der Waals surface area contributed by atoms with E-state index in [1.165, 1.54) is 11.8 Å². The smallest absolute Gasteiger partial charge is 0.0656 e. The van der Waals surface area contributed by atoms with Gasteiger partial charge in [-0.2, -0.15) is 0 Å². The van der Waals surface area contributed by atoms with Crippen molar-refractivity contribution in [2.45, 2.75) is 13.8 Å². The summed E-state index contributed by atoms with van der Waals surface area (Å²) in [6.07, 6.45) is 1.86. The summed E-state index contributed by atoms with van der Waals surface area (Å²) >= 11 is 1.50. The number of rotatable bonds is 2. The van der Waals surface area contributed by atoms with Gasteiger partial charge in [-0.1, -0.05) is 24.4 Å². The Morgan fingerprint density at radius 1 is 1.75 bits per heavy atom. The molecule has 0 saturated heterocycles. The fourth-order valence-electron chi connectivity index (χ4n) is 0.260. The average Bonchev–Trinajstić information content (AvgIpc) is 1.65. The molecule has 1 nitrogen and oxygen atoms in total. The van der Waals surface area contributed by atoms with Crippen LogP contribution in [0.15, 0.2) is 22.6 Å². The van der Waals surface area contributed by atoms with Crippen LogP contribution in [0.1, 0.15) is 13.8 Å². The van der Waals surface area contributed by atoms with Gasteiger partial charge in [-0.15, -0.1) is 0 Å². The van der Waals surface area contributed by atoms with E-state index < -0.39 is 0 Å². The summed E-state index contributed by atoms with van der Waals surface area (Å²) < 4.78 is 0. The van der Waals surface area contributed by atoms with Gasteiger partial charge >= 0.3 is 0 Å². The lowest BCUT2D eigenvalue weighted by molar-refractivity contribution is 1.50. The number of hydrogen-bond donors (Lipinski definition) is 1. The van der Waals surface area contributed by atoms with Gasteiger partial charge < -0.3 is 5.73 Å². The second-order valence-electron chi connectivity index (χ2n) is 1.50. The lowest BCUT2D eigenvalue weighted by atomic mass is 10.7. The second-order valence-corrected chi connectivity index (χ2v) is 2.87. The molecule has 0 aliphatic rings. The molecule has 0 atom stereocenters. The largest absolute Gasteiger partial charge is 0.394 e. The molecule has 0 aliphatic carbocycles. The van der Waals surface area contributed by atoms with Gasteiger partial charge in [0, 0.05) is 0 Å². The molecule has 0 saturated carbocycles. The highest BCUT2D eigenvalue weighted by Crippen LogP contribution is 2.17. The summed E-state index contributed by atoms with van der Waals surface area (Å²) in [5, 5.41) is 0.817. The van der Waals surface area contributed by atoms with Crippen molar-refractivity contribution in [3.8, 4) is 0 Å². The predicted octanol–water partition coefficient (Wildman–Crippen LogP) is 2.07. The van der Waals surface area contributed by atoms with Crippen LogP contribution >= 0.6 is 11.8 Å². The van der Waals surface area contributed by atoms with Gasteiger partial charge in [0.2, 0.25) is 0 Å². The van der Waals surface area contributed by atoms with Gasteiger partial charge in [-0.05, 0) is 18.8 Å². The summed E-state index contributed by atoms with van der Waals surface area (Å²) in [7, 11) is 0. The van der Waals surface area contributed by atoms with Crippen molar-refractivity contribution in [2.24, 2.45) is 5.73 Å². The van der Waals surface area contributed by atoms with Crippen LogP contribution in [0.4, 0.5) is 0 Å². The number of hydrogen-bond acceptors (Lipinski definition) is 2. The SMILES string of the molecule is C=C(C)S/C(N)=C\C. The first-order valence-electron chi connectivity index (χ1n) is 2.42. The zero-order valence-corrected chi connectivity index (χ0v) is 6.09. The van der Waals surface area contributed by atoms with E-state index in [-0.39, 0.29) is 0 Å². The standard InChI is InChI=1S/C6H11NS/c1-4-6(7)8-5(2)3/h4H,2,7H2,1,3H3/b6-4-. The van der Waals surface area contributed by atoms with E-state index in [1.807, 2.05) is 19.9 Å². The van der Waals surface area contributed by atoms with E-state index in [9.17, 15) is 0 Å². The molecule has 0 aromatic rings. The Bertz CT molecular complexity index is 116. The van der Waals surface area contributed by atoms with Gasteiger partial charge in [0.15, 0.2) is 0 Å². The van der Waals surface area contributed by atoms with E-state index in [2.05, 4.69) is 6.58 Å². The first kappa shape index (κ1) is 7.63. The molecule has 0 rings (SSSR count). The van der Waals surface area contributed by atoms with E-state index >= 15 is 0 Å². The van der Waals surface area contributed by atoms with Crippen LogP contribution in [-0.4, -0.2) is 0 Å². The van der Waals surface area contributed by atoms with Crippen molar-refractivity contribution in [1.82, 2.24) is 0 Å². The minimum atomic E-state index is 0.817. The Morgan fingerprint density at radius 2 is 2.25 bits per heavy atom. The first-order chi connectivity index (χ1) is 3.66. The molecule has 2 N–H and O–H groups in total. The zero-order chi connectivity index (χ0) is 6.57. The highest BCUT2D eigenvalue weighted by Gasteiger charge is 1.86. The molecule has 0 radical (unpaired) electrons. The molecule has 0 fully saturated rings. The topological polar surface area (TPSA) is 26.0 Å². The van der Waals surface area contributed by atoms with Crippen LogP contribution in [-0.2, 0) is 0 Å². The molecule has 0 aromatic heterocycles. The van der Waals surface area contributed by atoms with Gasteiger partial charge in [0.25, 0.3) is 0 Å². The number of thioether (sulfide) groups is 1. The predicted molar refractivity (Wildman–Crippen MR) is 40.3 cm³/mol. The monoisotopic (exact) mass is 129 g/mol. The maximum absolute atomic E-state index is 5.44. The maximum Gasteiger partial charge on any atom is 0.0656 e. The molecule has 0 unspecified atom stereocenters. The number of allylic oxidation sites excluding steroid dienone is 2. The molecule has 8 heavy (non-hydrogen) atoms. The van der Waals surface area contributed by atoms with E-state index in [0.717, 1.165) is 9.93 Å². The molecule has 46 valence electrons. The normalized spacial score (nSPS) is 11.5. The Balaban J connectivity index is 3.56. The summed E-state index contributed by atoms with van der Waals surface area (Å²) in [6.45, 7) is 7.52. The number of nitrogens with two attached hydrogens (primary N) is 1. The van der Waals surface area contributed by atoms with Gasteiger partial charge in [0.05, 0.1) is 5.03 Å². The minimum Gasteiger partial charge on any atom is -0.394 e. The second kappa shape index (κ2) is 3.61. The Labute approximate surface area is 54.6 Å². The maximum atomic E-state index is 5.44. The van der Waals surface area contributed by atoms with Crippen LogP contribution in [0.5, 0.6) is 0 Å². The fourth-order valence-corrected chi connectivity index (χ4v) is 0.780. The summed E-state index contributed by atoms with van der Waals surface area (Å²) in [5.41, 5.74) is 5.44. The summed E-state index contributed by atoms with van der Waals surface area (Å²) in [6, 6.07) is 0. The van der Waals surface area contributed by atoms with Crippen LogP contribution in [0, 0.1) is 0 Å². The third-order valence-electron chi connectivity index (χ3n) is 0.577. The molecule has 0 heterocycles. The Hall–Kier alpha value is -0.370. The van der Waals surface area contributed by atoms with Crippen LogP contribution in [0.2, 0.25) is 0 Å². The molecule has 0 aromatic carbocycles. The Kier molecular flexibility index (Phi) is 3.44. The highest BCUT2D eigenvalue weighted by molar-refractivity contribution is 8.06. The Morgan fingerprint density at radius 3 is 2.38 bits per heavy atom. The quantitative estimate of drug-likeness (QED) is 0.617. The third kappa shape index (κ3) is 3.81. The lowest BCUT2D eigenvalue weighted by Crippen LogP contribution is -1.89. The van der Waals surface area contributed by atoms with Crippen molar-refractivity contribution >= 4 is 11.8 Å². The fraction of sp³-hybridized carbons (Fsp3) is 0.333. The van der Waals surface area contributed by atoms with Crippen molar-refractivity contribution in [2.75, 3.05) is 0 Å². The van der Waals surface area contributed by atoms with Crippen molar-refractivity contribution < 1.29 is 0 Å². The summed E-state index contributed by atoms with van der Waals surface area (Å²) in [5.74, 6) is 0. The zero-order valence-electron chi connectivity index (χ0n) is 5.27. The minimum absolute atomic E-state index is 0.817. The van der Waals surface area contributed by atoms with Gasteiger partial charge in [-0.3, -0.25) is 0 Å². The lowest BCUT2D eigenvalue weighted by Gasteiger charge is -1.95. The van der Waals surface area contributed by atoms with Crippen LogP contribution in [0.25, 0.3) is 0 Å². The third-order valence-corrected chi connectivity index (χ3v) is 1.40. The van der Waals surface area contributed by atoms with E-state index in [4.69, 9.17) is 5.73 Å². The van der Waals surface area contributed by atoms with Gasteiger partial charge in [0.1, 0.15) is 0 Å². The molecule has 0 amide bonds. The molecule has 0 spiro atoms. The van der Waals surface area contributed by atoms with Crippen molar-refractivity contribution in [3.05, 3.63) is 22.6 Å².